The quantitative estimate of drug-likeness (QED) is 0.637. The number of nitriles is 1. The lowest BCUT2D eigenvalue weighted by molar-refractivity contribution is 0.0513. The Morgan fingerprint density at radius 3 is 2.92 bits per heavy atom. The van der Waals surface area contributed by atoms with Gasteiger partial charge in [0.25, 0.3) is 0 Å². The molecule has 7 heteroatoms. The first-order valence-corrected chi connectivity index (χ1v) is 8.73. The Hall–Kier alpha value is -2.30. The molecule has 3 N–H and O–H groups in total. The molecular weight excluding hydrogens is 334 g/mol. The molecule has 1 aromatic rings. The molecule has 1 fully saturated rings. The summed E-state index contributed by atoms with van der Waals surface area (Å²) in [5.74, 6) is 0.606. The zero-order valence-electron chi connectivity index (χ0n) is 14.1. The van der Waals surface area contributed by atoms with Crippen molar-refractivity contribution in [2.75, 3.05) is 26.0 Å². The number of nitrogen functional groups attached to an aromatic ring is 1. The van der Waals surface area contributed by atoms with E-state index in [0.29, 0.717) is 16.7 Å². The van der Waals surface area contributed by atoms with Gasteiger partial charge in [-0.25, -0.2) is 4.98 Å². The summed E-state index contributed by atoms with van der Waals surface area (Å²) in [6.07, 6.45) is 7.42. The summed E-state index contributed by atoms with van der Waals surface area (Å²) >= 11 is 5.48. The minimum absolute atomic E-state index is 0.0819. The van der Waals surface area contributed by atoms with Crippen molar-refractivity contribution >= 4 is 34.9 Å². The van der Waals surface area contributed by atoms with Gasteiger partial charge in [-0.2, -0.15) is 5.26 Å². The molecule has 0 radical (unpaired) electrons. The minimum Gasteiger partial charge on any atom is -0.383 e. The van der Waals surface area contributed by atoms with E-state index in [-0.39, 0.29) is 11.8 Å². The summed E-state index contributed by atoms with van der Waals surface area (Å²) in [6.45, 7) is 1.48. The Morgan fingerprint density at radius 1 is 1.48 bits per heavy atom. The first-order chi connectivity index (χ1) is 12.1. The Bertz CT molecular complexity index is 761. The van der Waals surface area contributed by atoms with Crippen molar-refractivity contribution in [2.45, 2.75) is 12.8 Å². The molecular formula is C18H21N5OS. The van der Waals surface area contributed by atoms with Crippen molar-refractivity contribution in [3.8, 4) is 6.07 Å². The van der Waals surface area contributed by atoms with Crippen LogP contribution < -0.4 is 11.1 Å². The normalized spacial score (nSPS) is 24.6. The first kappa shape index (κ1) is 17.5. The van der Waals surface area contributed by atoms with E-state index >= 15 is 0 Å². The number of ether oxygens (including phenoxy) is 1. The van der Waals surface area contributed by atoms with Crippen LogP contribution in [0.3, 0.4) is 0 Å². The van der Waals surface area contributed by atoms with Gasteiger partial charge in [0.1, 0.15) is 11.7 Å². The van der Waals surface area contributed by atoms with Crippen LogP contribution >= 0.6 is 12.2 Å². The number of allylic oxidation sites excluding steroid dienone is 1. The maximum Gasteiger partial charge on any atom is 0.132 e. The number of thiocarbonyl (C=S) groups is 1. The zero-order chi connectivity index (χ0) is 17.8. The Balaban J connectivity index is 1.97. The van der Waals surface area contributed by atoms with Crippen LogP contribution in [0.5, 0.6) is 0 Å². The molecule has 0 saturated carbocycles. The Morgan fingerprint density at radius 2 is 2.24 bits per heavy atom. The highest BCUT2D eigenvalue weighted by Gasteiger charge is 2.35. The van der Waals surface area contributed by atoms with Gasteiger partial charge in [-0.15, -0.1) is 0 Å². The molecule has 1 saturated heterocycles. The smallest absolute Gasteiger partial charge is 0.132 e. The molecule has 0 aliphatic carbocycles. The van der Waals surface area contributed by atoms with Crippen LogP contribution in [0.25, 0.3) is 5.70 Å². The van der Waals surface area contributed by atoms with E-state index in [0.717, 1.165) is 42.9 Å². The van der Waals surface area contributed by atoms with Crippen LogP contribution in [0.15, 0.2) is 23.3 Å². The number of hydrogen-bond acceptors (Lipinski definition) is 6. The van der Waals surface area contributed by atoms with Crippen molar-refractivity contribution in [1.82, 2.24) is 10.3 Å². The van der Waals surface area contributed by atoms with Gasteiger partial charge in [-0.1, -0.05) is 18.3 Å². The number of nitrogens with two attached hydrogens (primary N) is 1. The molecule has 25 heavy (non-hydrogen) atoms. The fourth-order valence-electron chi connectivity index (χ4n) is 3.42. The molecule has 0 bridgehead atoms. The van der Waals surface area contributed by atoms with Crippen LogP contribution in [0, 0.1) is 29.1 Å². The number of pyridine rings is 1. The van der Waals surface area contributed by atoms with Gasteiger partial charge in [0, 0.05) is 55.4 Å². The van der Waals surface area contributed by atoms with E-state index < -0.39 is 0 Å². The largest absolute Gasteiger partial charge is 0.383 e. The molecule has 1 aromatic heterocycles. The third kappa shape index (κ3) is 3.70. The fourth-order valence-corrected chi connectivity index (χ4v) is 3.74. The summed E-state index contributed by atoms with van der Waals surface area (Å²) in [7, 11) is 1.69. The number of anilines is 1. The average Bonchev–Trinajstić information content (AvgIpc) is 2.64. The van der Waals surface area contributed by atoms with Crippen LogP contribution in [0.4, 0.5) is 5.82 Å². The van der Waals surface area contributed by atoms with Crippen molar-refractivity contribution in [2.24, 2.45) is 22.7 Å². The lowest BCUT2D eigenvalue weighted by Crippen LogP contribution is -2.40. The molecule has 130 valence electrons. The van der Waals surface area contributed by atoms with E-state index in [9.17, 15) is 5.26 Å². The molecule has 0 spiro atoms. The second kappa shape index (κ2) is 7.72. The van der Waals surface area contributed by atoms with E-state index in [2.05, 4.69) is 27.4 Å². The fraction of sp³-hybridized carbons (Fsp3) is 0.444. The second-order valence-electron chi connectivity index (χ2n) is 6.29. The number of nitrogens with zero attached hydrogens (tertiary/aromatic N) is 3. The predicted octanol–water partition coefficient (Wildman–Crippen LogP) is 2.17. The van der Waals surface area contributed by atoms with Gasteiger partial charge >= 0.3 is 0 Å². The molecule has 6 nitrogen and oxygen atoms in total. The molecule has 2 aliphatic rings. The standard InChI is InChI=1S/C18H21N5OS/c1-21-9-13-6-12(10-22-17(13)20)16-7-14(11-2-4-24-5-3-11)15(8-19)18(25)23-16/h6-7,9-11,14-15H,2-5H2,1H3,(H2,20,22)(H,23,25). The van der Waals surface area contributed by atoms with E-state index in [1.165, 1.54) is 0 Å². The van der Waals surface area contributed by atoms with Gasteiger partial charge in [-0.3, -0.25) is 4.99 Å². The summed E-state index contributed by atoms with van der Waals surface area (Å²) in [6, 6.07) is 4.30. The van der Waals surface area contributed by atoms with Crippen molar-refractivity contribution in [3.05, 3.63) is 29.5 Å². The van der Waals surface area contributed by atoms with E-state index in [1.807, 2.05) is 6.07 Å². The van der Waals surface area contributed by atoms with Crippen molar-refractivity contribution in [1.29, 1.82) is 5.26 Å². The molecule has 2 atom stereocenters. The van der Waals surface area contributed by atoms with Gasteiger partial charge < -0.3 is 15.8 Å². The topological polar surface area (TPSA) is 96.3 Å². The number of aromatic nitrogens is 1. The molecule has 2 unspecified atom stereocenters. The monoisotopic (exact) mass is 355 g/mol. The number of nitrogens with one attached hydrogen (secondary N) is 1. The van der Waals surface area contributed by atoms with Gasteiger partial charge in [0.15, 0.2) is 0 Å². The first-order valence-electron chi connectivity index (χ1n) is 8.32. The lowest BCUT2D eigenvalue weighted by Gasteiger charge is -2.35. The van der Waals surface area contributed by atoms with Gasteiger partial charge in [0.2, 0.25) is 0 Å². The number of rotatable bonds is 3. The second-order valence-corrected chi connectivity index (χ2v) is 6.73. The van der Waals surface area contributed by atoms with Crippen LogP contribution in [-0.4, -0.2) is 36.4 Å². The summed E-state index contributed by atoms with van der Waals surface area (Å²) in [5.41, 5.74) is 8.43. The van der Waals surface area contributed by atoms with Crippen LogP contribution in [-0.2, 0) is 4.74 Å². The molecule has 3 heterocycles. The summed E-state index contributed by atoms with van der Waals surface area (Å²) in [4.78, 5) is 8.83. The highest BCUT2D eigenvalue weighted by molar-refractivity contribution is 7.80. The SMILES string of the molecule is CN=Cc1cc(C2=CC(C3CCOCC3)C(C#N)C(=S)N2)cnc1N. The van der Waals surface area contributed by atoms with Crippen molar-refractivity contribution in [3.63, 3.8) is 0 Å². The average molecular weight is 355 g/mol. The molecule has 0 aromatic carbocycles. The highest BCUT2D eigenvalue weighted by Crippen LogP contribution is 2.36. The van der Waals surface area contributed by atoms with Crippen LogP contribution in [0.1, 0.15) is 24.0 Å². The Kier molecular flexibility index (Phi) is 5.41. The Labute approximate surface area is 152 Å². The number of hydrogen-bond donors (Lipinski definition) is 2. The summed E-state index contributed by atoms with van der Waals surface area (Å²) < 4.78 is 5.46. The number of aliphatic imine (C=N–C) groups is 1. The van der Waals surface area contributed by atoms with Crippen molar-refractivity contribution < 1.29 is 4.74 Å². The summed E-state index contributed by atoms with van der Waals surface area (Å²) in [5, 5.41) is 12.8. The third-order valence-electron chi connectivity index (χ3n) is 4.76. The highest BCUT2D eigenvalue weighted by atomic mass is 32.1. The van der Waals surface area contributed by atoms with Crippen LogP contribution in [0.2, 0.25) is 0 Å². The molecule has 3 rings (SSSR count). The molecule has 0 amide bonds. The maximum atomic E-state index is 9.59. The van der Waals surface area contributed by atoms with E-state index in [1.54, 1.807) is 19.5 Å². The van der Waals surface area contributed by atoms with E-state index in [4.69, 9.17) is 22.7 Å². The predicted molar refractivity (Wildman–Crippen MR) is 102 cm³/mol. The maximum absolute atomic E-state index is 9.59. The lowest BCUT2D eigenvalue weighted by atomic mass is 9.75. The van der Waals surface area contributed by atoms with Gasteiger partial charge in [-0.05, 0) is 24.8 Å². The molecule has 2 aliphatic heterocycles. The minimum atomic E-state index is -0.305. The van der Waals surface area contributed by atoms with Gasteiger partial charge in [0.05, 0.1) is 11.1 Å². The third-order valence-corrected chi connectivity index (χ3v) is 5.12. The zero-order valence-corrected chi connectivity index (χ0v) is 14.9.